The van der Waals surface area contributed by atoms with Gasteiger partial charge < -0.3 is 0 Å². The second kappa shape index (κ2) is 4.97. The van der Waals surface area contributed by atoms with E-state index in [1.807, 2.05) is 31.2 Å². The molecule has 0 saturated heterocycles. The summed E-state index contributed by atoms with van der Waals surface area (Å²) in [6, 6.07) is 15.3. The van der Waals surface area contributed by atoms with Gasteiger partial charge in [-0.1, -0.05) is 53.0 Å². The van der Waals surface area contributed by atoms with Crippen LogP contribution in [-0.4, -0.2) is 7.28 Å². The maximum absolute atomic E-state index is 13.1. The van der Waals surface area contributed by atoms with Crippen molar-refractivity contribution in [1.82, 2.24) is 0 Å². The van der Waals surface area contributed by atoms with Gasteiger partial charge in [0.25, 0.3) is 0 Å². The van der Waals surface area contributed by atoms with Crippen LogP contribution in [0.4, 0.5) is 4.39 Å². The number of hydrogen-bond donors (Lipinski definition) is 0. The Morgan fingerprint density at radius 1 is 1.06 bits per heavy atom. The first kappa shape index (κ1) is 10.9. The standard InChI is InChI=1S/C14H14BF/c1-11-7-8-13(16)9-14(11)15-10-12-5-3-2-4-6-12/h2-9,15H,10H2,1H3. The summed E-state index contributed by atoms with van der Waals surface area (Å²) in [6.45, 7) is 2.03. The van der Waals surface area contributed by atoms with Crippen molar-refractivity contribution in [2.75, 3.05) is 0 Å². The molecule has 2 rings (SSSR count). The summed E-state index contributed by atoms with van der Waals surface area (Å²) in [6.07, 6.45) is 0.963. The number of hydrogen-bond acceptors (Lipinski definition) is 0. The van der Waals surface area contributed by atoms with Crippen LogP contribution in [-0.2, 0) is 6.32 Å². The molecule has 0 radical (unpaired) electrons. The highest BCUT2D eigenvalue weighted by atomic mass is 19.1. The van der Waals surface area contributed by atoms with Gasteiger partial charge in [-0.05, 0) is 25.4 Å². The molecule has 0 unspecified atom stereocenters. The van der Waals surface area contributed by atoms with Gasteiger partial charge in [-0.15, -0.1) is 0 Å². The summed E-state index contributed by atoms with van der Waals surface area (Å²) in [7, 11) is 0.896. The van der Waals surface area contributed by atoms with E-state index in [0.717, 1.165) is 24.6 Å². The van der Waals surface area contributed by atoms with Crippen LogP contribution in [0.15, 0.2) is 48.5 Å². The molecule has 0 N–H and O–H groups in total. The molecule has 0 aromatic heterocycles. The van der Waals surface area contributed by atoms with Crippen LogP contribution in [0.1, 0.15) is 11.1 Å². The van der Waals surface area contributed by atoms with Crippen molar-refractivity contribution < 1.29 is 4.39 Å². The lowest BCUT2D eigenvalue weighted by Crippen LogP contribution is -2.20. The third-order valence-corrected chi connectivity index (χ3v) is 2.84. The summed E-state index contributed by atoms with van der Waals surface area (Å²) in [5.41, 5.74) is 3.56. The minimum absolute atomic E-state index is 0.145. The van der Waals surface area contributed by atoms with Crippen LogP contribution < -0.4 is 5.46 Å². The van der Waals surface area contributed by atoms with Crippen molar-refractivity contribution in [1.29, 1.82) is 0 Å². The fourth-order valence-corrected chi connectivity index (χ4v) is 1.83. The van der Waals surface area contributed by atoms with Crippen LogP contribution in [0.2, 0.25) is 0 Å². The summed E-state index contributed by atoms with van der Waals surface area (Å²) in [4.78, 5) is 0. The summed E-state index contributed by atoms with van der Waals surface area (Å²) < 4.78 is 13.1. The quantitative estimate of drug-likeness (QED) is 0.685. The highest BCUT2D eigenvalue weighted by Gasteiger charge is 2.02. The van der Waals surface area contributed by atoms with Gasteiger partial charge in [-0.2, -0.15) is 0 Å². The first-order valence-electron chi connectivity index (χ1n) is 5.54. The lowest BCUT2D eigenvalue weighted by atomic mass is 9.64. The number of aryl methyl sites for hydroxylation is 1. The van der Waals surface area contributed by atoms with Crippen molar-refractivity contribution in [2.24, 2.45) is 0 Å². The summed E-state index contributed by atoms with van der Waals surface area (Å²) >= 11 is 0. The second-order valence-corrected chi connectivity index (χ2v) is 4.06. The van der Waals surface area contributed by atoms with Crippen molar-refractivity contribution in [3.05, 3.63) is 65.5 Å². The minimum Gasteiger partial charge on any atom is -0.207 e. The van der Waals surface area contributed by atoms with Crippen LogP contribution in [0.25, 0.3) is 0 Å². The third-order valence-electron chi connectivity index (χ3n) is 2.84. The molecular weight excluding hydrogens is 198 g/mol. The van der Waals surface area contributed by atoms with E-state index in [1.165, 1.54) is 11.6 Å². The Morgan fingerprint density at radius 3 is 2.56 bits per heavy atom. The molecule has 0 heterocycles. The van der Waals surface area contributed by atoms with Gasteiger partial charge in [0, 0.05) is 0 Å². The molecule has 0 aliphatic heterocycles. The normalized spacial score (nSPS) is 10.1. The van der Waals surface area contributed by atoms with Crippen molar-refractivity contribution in [2.45, 2.75) is 13.2 Å². The van der Waals surface area contributed by atoms with Gasteiger partial charge in [0.2, 0.25) is 0 Å². The largest absolute Gasteiger partial charge is 0.207 e. The lowest BCUT2D eigenvalue weighted by molar-refractivity contribution is 0.628. The van der Waals surface area contributed by atoms with Gasteiger partial charge in [-0.3, -0.25) is 0 Å². The average molecular weight is 212 g/mol. The van der Waals surface area contributed by atoms with E-state index in [4.69, 9.17) is 0 Å². The average Bonchev–Trinajstić information content (AvgIpc) is 2.32. The maximum atomic E-state index is 13.1. The maximum Gasteiger partial charge on any atom is 0.162 e. The Bertz CT molecular complexity index is 465. The first-order valence-corrected chi connectivity index (χ1v) is 5.54. The van der Waals surface area contributed by atoms with Gasteiger partial charge >= 0.3 is 0 Å². The number of benzene rings is 2. The molecule has 0 aliphatic carbocycles. The van der Waals surface area contributed by atoms with Gasteiger partial charge in [0.15, 0.2) is 7.28 Å². The summed E-state index contributed by atoms with van der Waals surface area (Å²) in [5, 5.41) is 0. The number of rotatable bonds is 3. The monoisotopic (exact) mass is 212 g/mol. The van der Waals surface area contributed by atoms with Gasteiger partial charge in [-0.25, -0.2) is 4.39 Å². The number of halogens is 1. The predicted octanol–water partition coefficient (Wildman–Crippen LogP) is 2.40. The molecule has 0 bridgehead atoms. The van der Waals surface area contributed by atoms with Crippen molar-refractivity contribution in [3.63, 3.8) is 0 Å². The molecule has 2 aromatic carbocycles. The Labute approximate surface area is 96.4 Å². The van der Waals surface area contributed by atoms with Crippen LogP contribution in [0.3, 0.4) is 0 Å². The first-order chi connectivity index (χ1) is 7.75. The molecule has 0 fully saturated rings. The zero-order valence-corrected chi connectivity index (χ0v) is 9.41. The smallest absolute Gasteiger partial charge is 0.162 e. The molecule has 0 aliphatic rings. The van der Waals surface area contributed by atoms with E-state index in [-0.39, 0.29) is 5.82 Å². The molecule has 0 spiro atoms. The van der Waals surface area contributed by atoms with Crippen LogP contribution in [0, 0.1) is 12.7 Å². The van der Waals surface area contributed by atoms with E-state index >= 15 is 0 Å². The Kier molecular flexibility index (Phi) is 3.40. The zero-order valence-electron chi connectivity index (χ0n) is 9.41. The Balaban J connectivity index is 2.08. The minimum atomic E-state index is -0.145. The lowest BCUT2D eigenvalue weighted by Gasteiger charge is -2.04. The van der Waals surface area contributed by atoms with Crippen LogP contribution >= 0.6 is 0 Å². The molecular formula is C14H14BF. The Hall–Kier alpha value is -1.57. The highest BCUT2D eigenvalue weighted by molar-refractivity contribution is 6.53. The fourth-order valence-electron chi connectivity index (χ4n) is 1.83. The zero-order chi connectivity index (χ0) is 11.4. The molecule has 2 aromatic rings. The Morgan fingerprint density at radius 2 is 1.81 bits per heavy atom. The second-order valence-electron chi connectivity index (χ2n) is 4.06. The molecule has 0 saturated carbocycles. The van der Waals surface area contributed by atoms with Crippen LogP contribution in [0.5, 0.6) is 0 Å². The topological polar surface area (TPSA) is 0 Å². The fraction of sp³-hybridized carbons (Fsp3) is 0.143. The van der Waals surface area contributed by atoms with E-state index in [1.54, 1.807) is 6.07 Å². The van der Waals surface area contributed by atoms with E-state index in [9.17, 15) is 4.39 Å². The molecule has 0 amide bonds. The molecule has 80 valence electrons. The molecule has 16 heavy (non-hydrogen) atoms. The molecule has 2 heteroatoms. The van der Waals surface area contributed by atoms with Gasteiger partial charge in [0.05, 0.1) is 0 Å². The van der Waals surface area contributed by atoms with Crippen molar-refractivity contribution in [3.8, 4) is 0 Å². The van der Waals surface area contributed by atoms with Gasteiger partial charge in [0.1, 0.15) is 5.82 Å². The highest BCUT2D eigenvalue weighted by Crippen LogP contribution is 2.02. The predicted molar refractivity (Wildman–Crippen MR) is 68.1 cm³/mol. The molecule has 0 nitrogen and oxygen atoms in total. The molecule has 0 atom stereocenters. The van der Waals surface area contributed by atoms with Crippen molar-refractivity contribution >= 4 is 12.7 Å². The van der Waals surface area contributed by atoms with E-state index in [0.29, 0.717) is 0 Å². The van der Waals surface area contributed by atoms with E-state index < -0.39 is 0 Å². The SMILES string of the molecule is Cc1ccc(F)cc1BCc1ccccc1. The van der Waals surface area contributed by atoms with E-state index in [2.05, 4.69) is 12.1 Å². The summed E-state index contributed by atoms with van der Waals surface area (Å²) in [5.74, 6) is -0.145. The third kappa shape index (κ3) is 2.72.